The van der Waals surface area contributed by atoms with Crippen LogP contribution in [-0.2, 0) is 4.79 Å². The van der Waals surface area contributed by atoms with Crippen molar-refractivity contribution in [1.82, 2.24) is 5.32 Å². The van der Waals surface area contributed by atoms with Crippen molar-refractivity contribution in [1.29, 1.82) is 0 Å². The first-order valence-electron chi connectivity index (χ1n) is 5.67. The number of benzene rings is 1. The van der Waals surface area contributed by atoms with Crippen molar-refractivity contribution in [2.45, 2.75) is 33.2 Å². The predicted molar refractivity (Wildman–Crippen MR) is 72.3 cm³/mol. The number of halogens is 1. The van der Waals surface area contributed by atoms with Gasteiger partial charge in [-0.25, -0.2) is 0 Å². The van der Waals surface area contributed by atoms with Crippen LogP contribution in [0.1, 0.15) is 25.8 Å². The average Bonchev–Trinajstić information content (AvgIpc) is 2.20. The summed E-state index contributed by atoms with van der Waals surface area (Å²) in [5.74, 6) is 0.788. The molecule has 0 spiro atoms. The molecule has 0 heterocycles. The molecule has 0 saturated heterocycles. The van der Waals surface area contributed by atoms with Crippen LogP contribution in [0.5, 0.6) is 5.75 Å². The van der Waals surface area contributed by atoms with Crippen molar-refractivity contribution < 1.29 is 9.53 Å². The van der Waals surface area contributed by atoms with Crippen LogP contribution in [-0.4, -0.2) is 18.6 Å². The van der Waals surface area contributed by atoms with Gasteiger partial charge in [-0.05, 0) is 54.4 Å². The molecule has 1 rings (SSSR count). The highest BCUT2D eigenvalue weighted by atomic mass is 79.9. The van der Waals surface area contributed by atoms with Crippen LogP contribution in [0, 0.1) is 6.92 Å². The minimum absolute atomic E-state index is 0.0169. The molecule has 1 N–H and O–H groups in total. The third kappa shape index (κ3) is 5.22. The fraction of sp³-hybridized carbons (Fsp3) is 0.462. The van der Waals surface area contributed by atoms with Crippen molar-refractivity contribution in [2.75, 3.05) is 6.61 Å². The molecule has 94 valence electrons. The molecular formula is C13H18BrNO2. The Labute approximate surface area is 111 Å². The first kappa shape index (κ1) is 14.0. The number of amides is 1. The van der Waals surface area contributed by atoms with Crippen molar-refractivity contribution >= 4 is 21.8 Å². The minimum Gasteiger partial charge on any atom is -0.492 e. The molecule has 0 unspecified atom stereocenters. The van der Waals surface area contributed by atoms with Crippen molar-refractivity contribution in [3.63, 3.8) is 0 Å². The van der Waals surface area contributed by atoms with Crippen molar-refractivity contribution in [3.05, 3.63) is 28.2 Å². The monoisotopic (exact) mass is 299 g/mol. The van der Waals surface area contributed by atoms with E-state index >= 15 is 0 Å². The summed E-state index contributed by atoms with van der Waals surface area (Å²) in [5, 5.41) is 2.82. The molecule has 4 heteroatoms. The molecule has 1 aromatic rings. The summed E-state index contributed by atoms with van der Waals surface area (Å²) in [7, 11) is 0. The van der Waals surface area contributed by atoms with Gasteiger partial charge in [0.15, 0.2) is 0 Å². The molecule has 0 aliphatic carbocycles. The molecule has 0 aromatic heterocycles. The van der Waals surface area contributed by atoms with E-state index in [4.69, 9.17) is 4.74 Å². The van der Waals surface area contributed by atoms with Crippen molar-refractivity contribution in [2.24, 2.45) is 0 Å². The summed E-state index contributed by atoms with van der Waals surface area (Å²) in [5.41, 5.74) is 1.17. The number of ether oxygens (including phenoxy) is 1. The van der Waals surface area contributed by atoms with Crippen LogP contribution in [0.15, 0.2) is 22.7 Å². The maximum absolute atomic E-state index is 11.4. The van der Waals surface area contributed by atoms with Gasteiger partial charge in [-0.1, -0.05) is 6.07 Å². The summed E-state index contributed by atoms with van der Waals surface area (Å²) in [6.07, 6.45) is 0.374. The summed E-state index contributed by atoms with van der Waals surface area (Å²) < 4.78 is 6.45. The fourth-order valence-electron chi connectivity index (χ4n) is 1.37. The SMILES string of the molecule is Cc1ccc(OCCC(=O)NC(C)C)c(Br)c1. The largest absolute Gasteiger partial charge is 0.492 e. The molecule has 0 bridgehead atoms. The Kier molecular flexibility index (Phi) is 5.48. The lowest BCUT2D eigenvalue weighted by atomic mass is 10.2. The molecule has 0 fully saturated rings. The summed E-state index contributed by atoms with van der Waals surface area (Å²) in [4.78, 5) is 11.4. The lowest BCUT2D eigenvalue weighted by molar-refractivity contribution is -0.122. The second kappa shape index (κ2) is 6.64. The van der Waals surface area contributed by atoms with Gasteiger partial charge in [0.2, 0.25) is 5.91 Å². The zero-order valence-electron chi connectivity index (χ0n) is 10.4. The summed E-state index contributed by atoms with van der Waals surface area (Å²) in [6.45, 7) is 6.29. The first-order chi connectivity index (χ1) is 7.99. The molecular weight excluding hydrogens is 282 g/mol. The standard InChI is InChI=1S/C13H18BrNO2/c1-9(2)15-13(16)6-7-17-12-5-4-10(3)8-11(12)14/h4-5,8-9H,6-7H2,1-3H3,(H,15,16). The molecule has 1 aromatic carbocycles. The zero-order valence-corrected chi connectivity index (χ0v) is 12.0. The van der Waals surface area contributed by atoms with Gasteiger partial charge in [-0.2, -0.15) is 0 Å². The molecule has 3 nitrogen and oxygen atoms in total. The molecule has 0 saturated carbocycles. The summed E-state index contributed by atoms with van der Waals surface area (Å²) in [6, 6.07) is 6.05. The van der Waals surface area contributed by atoms with Crippen LogP contribution in [0.3, 0.4) is 0 Å². The highest BCUT2D eigenvalue weighted by Gasteiger charge is 2.05. The van der Waals surface area contributed by atoms with Gasteiger partial charge in [0.05, 0.1) is 17.5 Å². The Morgan fingerprint density at radius 2 is 2.18 bits per heavy atom. The van der Waals surface area contributed by atoms with E-state index in [2.05, 4.69) is 21.2 Å². The molecule has 17 heavy (non-hydrogen) atoms. The average molecular weight is 300 g/mol. The van der Waals surface area contributed by atoms with Gasteiger partial charge in [0.25, 0.3) is 0 Å². The lowest BCUT2D eigenvalue weighted by Gasteiger charge is -2.10. The predicted octanol–water partition coefficient (Wildman–Crippen LogP) is 3.05. The molecule has 0 aliphatic rings. The number of carbonyl (C=O) groups excluding carboxylic acids is 1. The lowest BCUT2D eigenvalue weighted by Crippen LogP contribution is -2.31. The van der Waals surface area contributed by atoms with Gasteiger partial charge < -0.3 is 10.1 Å². The number of carbonyl (C=O) groups is 1. The second-order valence-electron chi connectivity index (χ2n) is 4.25. The van der Waals surface area contributed by atoms with Crippen LogP contribution in [0.2, 0.25) is 0 Å². The van der Waals surface area contributed by atoms with Crippen LogP contribution in [0.4, 0.5) is 0 Å². The van der Waals surface area contributed by atoms with E-state index in [9.17, 15) is 4.79 Å². The first-order valence-corrected chi connectivity index (χ1v) is 6.46. The fourth-order valence-corrected chi connectivity index (χ4v) is 1.98. The number of rotatable bonds is 5. The Bertz CT molecular complexity index is 391. The Hall–Kier alpha value is -1.03. The van der Waals surface area contributed by atoms with E-state index in [1.807, 2.05) is 39.0 Å². The van der Waals surface area contributed by atoms with Gasteiger partial charge in [-0.15, -0.1) is 0 Å². The summed E-state index contributed by atoms with van der Waals surface area (Å²) >= 11 is 3.43. The van der Waals surface area contributed by atoms with E-state index < -0.39 is 0 Å². The van der Waals surface area contributed by atoms with E-state index in [0.29, 0.717) is 13.0 Å². The highest BCUT2D eigenvalue weighted by Crippen LogP contribution is 2.25. The van der Waals surface area contributed by atoms with Crippen LogP contribution >= 0.6 is 15.9 Å². The zero-order chi connectivity index (χ0) is 12.8. The number of nitrogens with one attached hydrogen (secondary N) is 1. The quantitative estimate of drug-likeness (QED) is 0.907. The maximum atomic E-state index is 11.4. The molecule has 1 amide bonds. The molecule has 0 radical (unpaired) electrons. The van der Waals surface area contributed by atoms with E-state index in [0.717, 1.165) is 10.2 Å². The molecule has 0 aliphatic heterocycles. The number of hydrogen-bond acceptors (Lipinski definition) is 2. The topological polar surface area (TPSA) is 38.3 Å². The second-order valence-corrected chi connectivity index (χ2v) is 5.11. The van der Waals surface area contributed by atoms with E-state index in [-0.39, 0.29) is 11.9 Å². The van der Waals surface area contributed by atoms with Crippen molar-refractivity contribution in [3.8, 4) is 5.75 Å². The normalized spacial score (nSPS) is 10.4. The van der Waals surface area contributed by atoms with Gasteiger partial charge in [0.1, 0.15) is 5.75 Å². The van der Waals surface area contributed by atoms with Gasteiger partial charge in [-0.3, -0.25) is 4.79 Å². The Morgan fingerprint density at radius 3 is 2.76 bits per heavy atom. The van der Waals surface area contributed by atoms with Crippen LogP contribution in [0.25, 0.3) is 0 Å². The third-order valence-corrected chi connectivity index (χ3v) is 2.74. The minimum atomic E-state index is 0.0169. The Morgan fingerprint density at radius 1 is 1.47 bits per heavy atom. The molecule has 0 atom stereocenters. The number of aryl methyl sites for hydroxylation is 1. The third-order valence-electron chi connectivity index (χ3n) is 2.12. The highest BCUT2D eigenvalue weighted by molar-refractivity contribution is 9.10. The van der Waals surface area contributed by atoms with Gasteiger partial charge in [0, 0.05) is 6.04 Å². The van der Waals surface area contributed by atoms with Gasteiger partial charge >= 0.3 is 0 Å². The van der Waals surface area contributed by atoms with E-state index in [1.54, 1.807) is 0 Å². The van der Waals surface area contributed by atoms with E-state index in [1.165, 1.54) is 5.56 Å². The maximum Gasteiger partial charge on any atom is 0.223 e. The smallest absolute Gasteiger partial charge is 0.223 e. The Balaban J connectivity index is 2.38. The van der Waals surface area contributed by atoms with Crippen LogP contribution < -0.4 is 10.1 Å². The number of hydrogen-bond donors (Lipinski definition) is 1.